The third kappa shape index (κ3) is 2.28. The molecule has 0 radical (unpaired) electrons. The van der Waals surface area contributed by atoms with Gasteiger partial charge in [-0.05, 0) is 30.5 Å². The van der Waals surface area contributed by atoms with Crippen molar-refractivity contribution in [1.29, 1.82) is 0 Å². The molecule has 0 aliphatic carbocycles. The Balaban J connectivity index is 1.94. The minimum Gasteiger partial charge on any atom is -0.315 e. The first-order valence-corrected chi connectivity index (χ1v) is 6.71. The summed E-state index contributed by atoms with van der Waals surface area (Å²) in [5.74, 6) is -0.0864. The molecule has 0 aromatic heterocycles. The fraction of sp³-hybridized carbons (Fsp3) is 0.294. The summed E-state index contributed by atoms with van der Waals surface area (Å²) >= 11 is 0. The van der Waals surface area contributed by atoms with Crippen LogP contribution in [0.4, 0.5) is 4.39 Å². The SMILES string of the molecule is Cc1cccc(CC2(c3ccccc3F)CNC2)c1. The quantitative estimate of drug-likeness (QED) is 0.888. The Morgan fingerprint density at radius 3 is 2.53 bits per heavy atom. The number of halogens is 1. The Morgan fingerprint density at radius 1 is 1.11 bits per heavy atom. The highest BCUT2D eigenvalue weighted by atomic mass is 19.1. The summed E-state index contributed by atoms with van der Waals surface area (Å²) in [5, 5.41) is 3.30. The van der Waals surface area contributed by atoms with Gasteiger partial charge < -0.3 is 5.32 Å². The van der Waals surface area contributed by atoms with Crippen molar-refractivity contribution >= 4 is 0 Å². The number of hydrogen-bond acceptors (Lipinski definition) is 1. The van der Waals surface area contributed by atoms with Gasteiger partial charge in [0.25, 0.3) is 0 Å². The first-order chi connectivity index (χ1) is 9.20. The minimum absolute atomic E-state index is 0.0842. The molecule has 19 heavy (non-hydrogen) atoms. The molecule has 2 aromatic carbocycles. The van der Waals surface area contributed by atoms with Gasteiger partial charge in [-0.1, -0.05) is 48.0 Å². The Kier molecular flexibility index (Phi) is 3.11. The molecule has 0 spiro atoms. The van der Waals surface area contributed by atoms with Gasteiger partial charge in [0.15, 0.2) is 0 Å². The fourth-order valence-corrected chi connectivity index (χ4v) is 2.94. The molecule has 1 nitrogen and oxygen atoms in total. The second-order valence-corrected chi connectivity index (χ2v) is 5.53. The predicted molar refractivity (Wildman–Crippen MR) is 75.8 cm³/mol. The highest BCUT2D eigenvalue weighted by Crippen LogP contribution is 2.34. The lowest BCUT2D eigenvalue weighted by Gasteiger charge is -2.43. The molecule has 0 atom stereocenters. The summed E-state index contributed by atoms with van der Waals surface area (Å²) in [7, 11) is 0. The van der Waals surface area contributed by atoms with Crippen molar-refractivity contribution in [2.75, 3.05) is 13.1 Å². The summed E-state index contributed by atoms with van der Waals surface area (Å²) in [5.41, 5.74) is 3.30. The molecule has 0 amide bonds. The third-order valence-electron chi connectivity index (χ3n) is 4.00. The molecule has 2 heteroatoms. The minimum atomic E-state index is -0.0864. The van der Waals surface area contributed by atoms with Gasteiger partial charge in [-0.15, -0.1) is 0 Å². The molecule has 1 fully saturated rings. The number of aryl methyl sites for hydroxylation is 1. The number of hydrogen-bond donors (Lipinski definition) is 1. The molecule has 2 aromatic rings. The van der Waals surface area contributed by atoms with Crippen LogP contribution in [-0.2, 0) is 11.8 Å². The van der Waals surface area contributed by atoms with E-state index in [1.165, 1.54) is 11.1 Å². The van der Waals surface area contributed by atoms with Gasteiger partial charge in [0.05, 0.1) is 0 Å². The van der Waals surface area contributed by atoms with Crippen molar-refractivity contribution < 1.29 is 4.39 Å². The van der Waals surface area contributed by atoms with E-state index < -0.39 is 0 Å². The number of benzene rings is 2. The molecule has 0 unspecified atom stereocenters. The van der Waals surface area contributed by atoms with Crippen LogP contribution in [0, 0.1) is 12.7 Å². The maximum Gasteiger partial charge on any atom is 0.127 e. The highest BCUT2D eigenvalue weighted by molar-refractivity contribution is 5.35. The molecule has 0 saturated carbocycles. The van der Waals surface area contributed by atoms with Gasteiger partial charge in [0.2, 0.25) is 0 Å². The van der Waals surface area contributed by atoms with Gasteiger partial charge in [-0.3, -0.25) is 0 Å². The van der Waals surface area contributed by atoms with E-state index in [0.717, 1.165) is 25.1 Å². The molecule has 3 rings (SSSR count). The second kappa shape index (κ2) is 4.78. The largest absolute Gasteiger partial charge is 0.315 e. The summed E-state index contributed by atoms with van der Waals surface area (Å²) < 4.78 is 14.1. The van der Waals surface area contributed by atoms with E-state index in [1.807, 2.05) is 12.1 Å². The van der Waals surface area contributed by atoms with Crippen LogP contribution in [0.2, 0.25) is 0 Å². The Morgan fingerprint density at radius 2 is 1.89 bits per heavy atom. The number of nitrogens with one attached hydrogen (secondary N) is 1. The molecule has 1 heterocycles. The van der Waals surface area contributed by atoms with Crippen molar-refractivity contribution in [2.45, 2.75) is 18.8 Å². The predicted octanol–water partition coefficient (Wildman–Crippen LogP) is 3.22. The fourth-order valence-electron chi connectivity index (χ4n) is 2.94. The van der Waals surface area contributed by atoms with Crippen LogP contribution < -0.4 is 5.32 Å². The Hall–Kier alpha value is -1.67. The zero-order valence-electron chi connectivity index (χ0n) is 11.1. The monoisotopic (exact) mass is 255 g/mol. The van der Waals surface area contributed by atoms with Crippen molar-refractivity contribution in [2.24, 2.45) is 0 Å². The van der Waals surface area contributed by atoms with Gasteiger partial charge in [-0.2, -0.15) is 0 Å². The van der Waals surface area contributed by atoms with Crippen LogP contribution in [0.25, 0.3) is 0 Å². The standard InChI is InChI=1S/C17H18FN/c1-13-5-4-6-14(9-13)10-17(11-19-12-17)15-7-2-3-8-16(15)18/h2-9,19H,10-12H2,1H3. The van der Waals surface area contributed by atoms with E-state index in [4.69, 9.17) is 0 Å². The Bertz CT molecular complexity index is 587. The van der Waals surface area contributed by atoms with Crippen molar-refractivity contribution in [1.82, 2.24) is 5.32 Å². The highest BCUT2D eigenvalue weighted by Gasteiger charge is 2.40. The average Bonchev–Trinajstić information content (AvgIpc) is 2.35. The zero-order valence-corrected chi connectivity index (χ0v) is 11.1. The molecule has 0 bridgehead atoms. The van der Waals surface area contributed by atoms with E-state index in [-0.39, 0.29) is 11.2 Å². The summed E-state index contributed by atoms with van der Waals surface area (Å²) in [6, 6.07) is 15.7. The van der Waals surface area contributed by atoms with Gasteiger partial charge >= 0.3 is 0 Å². The van der Waals surface area contributed by atoms with E-state index in [0.29, 0.717) is 0 Å². The number of rotatable bonds is 3. The van der Waals surface area contributed by atoms with E-state index in [9.17, 15) is 4.39 Å². The van der Waals surface area contributed by atoms with Crippen molar-refractivity contribution in [3.05, 3.63) is 71.0 Å². The van der Waals surface area contributed by atoms with Crippen LogP contribution in [0.5, 0.6) is 0 Å². The lowest BCUT2D eigenvalue weighted by Crippen LogP contribution is -2.58. The summed E-state index contributed by atoms with van der Waals surface area (Å²) in [4.78, 5) is 0. The van der Waals surface area contributed by atoms with Crippen LogP contribution in [0.3, 0.4) is 0 Å². The summed E-state index contributed by atoms with van der Waals surface area (Å²) in [6.45, 7) is 3.79. The molecule has 1 aliphatic heterocycles. The third-order valence-corrected chi connectivity index (χ3v) is 4.00. The van der Waals surface area contributed by atoms with Gasteiger partial charge in [0, 0.05) is 18.5 Å². The van der Waals surface area contributed by atoms with E-state index in [2.05, 4.69) is 36.5 Å². The molecule has 98 valence electrons. The molecule has 1 aliphatic rings. The maximum absolute atomic E-state index is 14.1. The molecular formula is C17H18FN. The van der Waals surface area contributed by atoms with Crippen LogP contribution >= 0.6 is 0 Å². The van der Waals surface area contributed by atoms with Gasteiger partial charge in [0.1, 0.15) is 5.82 Å². The smallest absolute Gasteiger partial charge is 0.127 e. The normalized spacial score (nSPS) is 16.9. The molecular weight excluding hydrogens is 237 g/mol. The Labute approximate surface area is 113 Å². The lowest BCUT2D eigenvalue weighted by atomic mass is 9.70. The van der Waals surface area contributed by atoms with E-state index >= 15 is 0 Å². The first-order valence-electron chi connectivity index (χ1n) is 6.71. The van der Waals surface area contributed by atoms with Crippen molar-refractivity contribution in [3.8, 4) is 0 Å². The average molecular weight is 255 g/mol. The second-order valence-electron chi connectivity index (χ2n) is 5.53. The molecule has 1 saturated heterocycles. The summed E-state index contributed by atoms with van der Waals surface area (Å²) in [6.07, 6.45) is 0.891. The van der Waals surface area contributed by atoms with E-state index in [1.54, 1.807) is 12.1 Å². The van der Waals surface area contributed by atoms with Crippen molar-refractivity contribution in [3.63, 3.8) is 0 Å². The maximum atomic E-state index is 14.1. The first kappa shape index (κ1) is 12.4. The lowest BCUT2D eigenvalue weighted by molar-refractivity contribution is 0.266. The van der Waals surface area contributed by atoms with Crippen LogP contribution in [0.15, 0.2) is 48.5 Å². The zero-order chi connectivity index (χ0) is 13.3. The molecule has 1 N–H and O–H groups in total. The topological polar surface area (TPSA) is 12.0 Å². The van der Waals surface area contributed by atoms with Crippen LogP contribution in [-0.4, -0.2) is 13.1 Å². The van der Waals surface area contributed by atoms with Crippen LogP contribution in [0.1, 0.15) is 16.7 Å². The van der Waals surface area contributed by atoms with Gasteiger partial charge in [-0.25, -0.2) is 4.39 Å².